The van der Waals surface area contributed by atoms with Gasteiger partial charge in [-0.2, -0.15) is 16.9 Å². The number of halogens is 1. The average molecular weight is 435 g/mol. The van der Waals surface area contributed by atoms with Crippen molar-refractivity contribution in [2.24, 2.45) is 5.10 Å². The summed E-state index contributed by atoms with van der Waals surface area (Å²) < 4.78 is 18.6. The van der Waals surface area contributed by atoms with E-state index in [2.05, 4.69) is 15.3 Å². The van der Waals surface area contributed by atoms with Gasteiger partial charge in [0.25, 0.3) is 5.91 Å². The summed E-state index contributed by atoms with van der Waals surface area (Å²) >= 11 is 1.92. The highest BCUT2D eigenvalue weighted by Crippen LogP contribution is 2.33. The van der Waals surface area contributed by atoms with Crippen LogP contribution in [0.4, 0.5) is 4.39 Å². The van der Waals surface area contributed by atoms with Crippen molar-refractivity contribution in [2.45, 2.75) is 31.3 Å². The summed E-state index contributed by atoms with van der Waals surface area (Å²) in [5.74, 6) is 1.42. The maximum Gasteiger partial charge on any atom is 0.267 e. The van der Waals surface area contributed by atoms with Gasteiger partial charge in [-0.3, -0.25) is 14.5 Å². The van der Waals surface area contributed by atoms with Crippen molar-refractivity contribution in [2.75, 3.05) is 44.4 Å². The molecule has 9 heteroatoms. The van der Waals surface area contributed by atoms with Gasteiger partial charge in [-0.1, -0.05) is 12.1 Å². The van der Waals surface area contributed by atoms with Crippen molar-refractivity contribution < 1.29 is 18.7 Å². The van der Waals surface area contributed by atoms with E-state index in [9.17, 15) is 14.0 Å². The fourth-order valence-corrected chi connectivity index (χ4v) is 5.61. The number of hydrogen-bond donors (Lipinski definition) is 1. The SMILES string of the molecule is O=C(NCC1(N2CCOCC2)CCSC1)C1=NN(Cc2ccc(F)cc2)C(=O)CC1. The molecule has 162 valence electrons. The van der Waals surface area contributed by atoms with Gasteiger partial charge in [0.1, 0.15) is 11.5 Å². The smallest absolute Gasteiger partial charge is 0.267 e. The molecule has 2 fully saturated rings. The van der Waals surface area contributed by atoms with Crippen molar-refractivity contribution in [1.82, 2.24) is 15.2 Å². The van der Waals surface area contributed by atoms with Crippen molar-refractivity contribution >= 4 is 29.3 Å². The lowest BCUT2D eigenvalue weighted by Crippen LogP contribution is -2.59. The van der Waals surface area contributed by atoms with Crippen LogP contribution in [0.3, 0.4) is 0 Å². The summed E-state index contributed by atoms with van der Waals surface area (Å²) in [6.45, 7) is 4.03. The lowest BCUT2D eigenvalue weighted by Gasteiger charge is -2.43. The van der Waals surface area contributed by atoms with Crippen molar-refractivity contribution in [3.8, 4) is 0 Å². The first-order valence-corrected chi connectivity index (χ1v) is 11.5. The second-order valence-electron chi connectivity index (χ2n) is 7.93. The number of carbonyl (C=O) groups excluding carboxylic acids is 2. The topological polar surface area (TPSA) is 74.2 Å². The second kappa shape index (κ2) is 9.45. The van der Waals surface area contributed by atoms with Crippen LogP contribution in [0.1, 0.15) is 24.8 Å². The highest BCUT2D eigenvalue weighted by atomic mass is 32.2. The molecule has 0 aromatic heterocycles. The predicted octanol–water partition coefficient (Wildman–Crippen LogP) is 1.63. The number of amides is 2. The summed E-state index contributed by atoms with van der Waals surface area (Å²) in [5, 5.41) is 8.72. The van der Waals surface area contributed by atoms with E-state index in [0.717, 1.165) is 49.8 Å². The first-order valence-electron chi connectivity index (χ1n) is 10.4. The molecular formula is C21H27FN4O3S. The van der Waals surface area contributed by atoms with E-state index < -0.39 is 0 Å². The van der Waals surface area contributed by atoms with Gasteiger partial charge in [0, 0.05) is 43.8 Å². The van der Waals surface area contributed by atoms with Crippen LogP contribution in [-0.4, -0.2) is 77.3 Å². The molecule has 0 aliphatic carbocycles. The molecule has 30 heavy (non-hydrogen) atoms. The van der Waals surface area contributed by atoms with Crippen LogP contribution in [0.25, 0.3) is 0 Å². The Labute approximate surface area is 180 Å². The lowest BCUT2D eigenvalue weighted by molar-refractivity contribution is -0.132. The van der Waals surface area contributed by atoms with Gasteiger partial charge in [-0.15, -0.1) is 0 Å². The standard InChI is InChI=1S/C21H27FN4O3S/c22-17-3-1-16(2-4-17)13-26-19(27)6-5-18(24-26)20(28)23-14-21(7-12-30-15-21)25-8-10-29-11-9-25/h1-4H,5-15H2,(H,23,28). The van der Waals surface area contributed by atoms with Gasteiger partial charge >= 0.3 is 0 Å². The van der Waals surface area contributed by atoms with Crippen LogP contribution in [0.15, 0.2) is 29.4 Å². The molecule has 0 radical (unpaired) electrons. The normalized spacial score (nSPS) is 25.3. The Morgan fingerprint density at radius 2 is 2.00 bits per heavy atom. The number of hydrazone groups is 1. The zero-order valence-corrected chi connectivity index (χ0v) is 17.8. The third-order valence-corrected chi connectivity index (χ3v) is 7.19. The summed E-state index contributed by atoms with van der Waals surface area (Å²) in [6.07, 6.45) is 1.63. The Balaban J connectivity index is 1.40. The van der Waals surface area contributed by atoms with Gasteiger partial charge < -0.3 is 10.1 Å². The number of hydrogen-bond acceptors (Lipinski definition) is 6. The van der Waals surface area contributed by atoms with Crippen molar-refractivity contribution in [1.29, 1.82) is 0 Å². The van der Waals surface area contributed by atoms with E-state index in [1.54, 1.807) is 12.1 Å². The molecule has 0 spiro atoms. The van der Waals surface area contributed by atoms with E-state index >= 15 is 0 Å². The fraction of sp³-hybridized carbons (Fsp3) is 0.571. The monoisotopic (exact) mass is 434 g/mol. The zero-order valence-electron chi connectivity index (χ0n) is 16.9. The molecule has 1 aromatic carbocycles. The highest BCUT2D eigenvalue weighted by Gasteiger charge is 2.41. The number of thioether (sulfide) groups is 1. The summed E-state index contributed by atoms with van der Waals surface area (Å²) in [4.78, 5) is 27.5. The third kappa shape index (κ3) is 4.84. The van der Waals surface area contributed by atoms with E-state index in [0.29, 0.717) is 18.7 Å². The quantitative estimate of drug-likeness (QED) is 0.737. The first-order chi connectivity index (χ1) is 14.6. The number of benzene rings is 1. The van der Waals surface area contributed by atoms with E-state index in [1.807, 2.05) is 11.8 Å². The van der Waals surface area contributed by atoms with Crippen LogP contribution >= 0.6 is 11.8 Å². The molecule has 1 atom stereocenters. The minimum Gasteiger partial charge on any atom is -0.379 e. The molecule has 4 rings (SSSR count). The molecule has 3 aliphatic rings. The summed E-state index contributed by atoms with van der Waals surface area (Å²) in [6, 6.07) is 5.95. The maximum atomic E-state index is 13.1. The molecule has 7 nitrogen and oxygen atoms in total. The number of ether oxygens (including phenoxy) is 1. The third-order valence-electron chi connectivity index (χ3n) is 5.96. The number of nitrogens with zero attached hydrogens (tertiary/aromatic N) is 3. The fourth-order valence-electron chi connectivity index (χ4n) is 4.13. The van der Waals surface area contributed by atoms with Crippen LogP contribution < -0.4 is 5.32 Å². The van der Waals surface area contributed by atoms with Gasteiger partial charge in [0.2, 0.25) is 5.91 Å². The first kappa shape index (κ1) is 21.3. The number of carbonyl (C=O) groups is 2. The molecule has 1 N–H and O–H groups in total. The number of rotatable bonds is 6. The average Bonchev–Trinajstić information content (AvgIpc) is 3.26. The molecule has 0 bridgehead atoms. The lowest BCUT2D eigenvalue weighted by atomic mass is 9.95. The van der Waals surface area contributed by atoms with Gasteiger partial charge in [-0.25, -0.2) is 9.40 Å². The Hall–Kier alpha value is -1.97. The van der Waals surface area contributed by atoms with E-state index in [1.165, 1.54) is 17.1 Å². The van der Waals surface area contributed by atoms with Gasteiger partial charge in [0.05, 0.1) is 19.8 Å². The Morgan fingerprint density at radius 3 is 2.70 bits per heavy atom. The predicted molar refractivity (Wildman–Crippen MR) is 114 cm³/mol. The number of nitrogens with one attached hydrogen (secondary N) is 1. The van der Waals surface area contributed by atoms with Gasteiger partial charge in [-0.05, 0) is 29.9 Å². The largest absolute Gasteiger partial charge is 0.379 e. The molecule has 1 unspecified atom stereocenters. The number of morpholine rings is 1. The zero-order chi connectivity index (χ0) is 21.0. The Bertz CT molecular complexity index is 805. The minimum atomic E-state index is -0.327. The maximum absolute atomic E-state index is 13.1. The molecule has 1 aromatic rings. The molecular weight excluding hydrogens is 407 g/mol. The summed E-state index contributed by atoms with van der Waals surface area (Å²) in [5.41, 5.74) is 1.10. The van der Waals surface area contributed by atoms with Crippen LogP contribution in [0.2, 0.25) is 0 Å². The second-order valence-corrected chi connectivity index (χ2v) is 9.04. The highest BCUT2D eigenvalue weighted by molar-refractivity contribution is 7.99. The Kier molecular flexibility index (Phi) is 6.70. The molecule has 2 amide bonds. The van der Waals surface area contributed by atoms with Crippen LogP contribution in [-0.2, 0) is 20.9 Å². The van der Waals surface area contributed by atoms with Crippen molar-refractivity contribution in [3.05, 3.63) is 35.6 Å². The van der Waals surface area contributed by atoms with Gasteiger partial charge in [0.15, 0.2) is 0 Å². The molecule has 0 saturated carbocycles. The molecule has 3 heterocycles. The van der Waals surface area contributed by atoms with Crippen LogP contribution in [0.5, 0.6) is 0 Å². The van der Waals surface area contributed by atoms with E-state index in [-0.39, 0.29) is 36.1 Å². The Morgan fingerprint density at radius 1 is 1.23 bits per heavy atom. The van der Waals surface area contributed by atoms with E-state index in [4.69, 9.17) is 4.74 Å². The molecule has 3 aliphatic heterocycles. The van der Waals surface area contributed by atoms with Crippen LogP contribution in [0, 0.1) is 5.82 Å². The summed E-state index contributed by atoms with van der Waals surface area (Å²) in [7, 11) is 0. The minimum absolute atomic E-state index is 0.0387. The molecule has 2 saturated heterocycles. The van der Waals surface area contributed by atoms with Crippen molar-refractivity contribution in [3.63, 3.8) is 0 Å².